The Kier molecular flexibility index (Phi) is 4.49. The summed E-state index contributed by atoms with van der Waals surface area (Å²) in [6.07, 6.45) is 1.81. The fourth-order valence-electron chi connectivity index (χ4n) is 2.07. The number of phenols is 1. The number of amidine groups is 1. The van der Waals surface area contributed by atoms with Gasteiger partial charge in [-0.15, -0.1) is 11.3 Å². The van der Waals surface area contributed by atoms with Crippen LogP contribution in [0.5, 0.6) is 5.75 Å². The van der Waals surface area contributed by atoms with Gasteiger partial charge >= 0.3 is 0 Å². The third-order valence-electron chi connectivity index (χ3n) is 3.19. The smallest absolute Gasteiger partial charge is 0.266 e. The first-order chi connectivity index (χ1) is 11.1. The first-order valence-electron chi connectivity index (χ1n) is 7.08. The van der Waals surface area contributed by atoms with Gasteiger partial charge in [-0.05, 0) is 49.4 Å². The topological polar surface area (TPSA) is 65.8 Å². The van der Waals surface area contributed by atoms with Gasteiger partial charge in [0.1, 0.15) is 5.75 Å². The maximum absolute atomic E-state index is 12.5. The number of aromatic nitrogens is 1. The molecule has 1 aliphatic heterocycles. The van der Waals surface area contributed by atoms with Gasteiger partial charge in [-0.2, -0.15) is 4.99 Å². The zero-order valence-corrected chi connectivity index (χ0v) is 14.3. The SMILES string of the molecule is CCN1C(=O)/C(=C/c2ccc(O)cc2)S/C1=N/c1nc(C)cs1. The van der Waals surface area contributed by atoms with Crippen LogP contribution in [-0.2, 0) is 4.79 Å². The Balaban J connectivity index is 1.91. The number of aromatic hydroxyl groups is 1. The number of thiazole rings is 1. The minimum Gasteiger partial charge on any atom is -0.508 e. The molecular weight excluding hydrogens is 330 g/mol. The van der Waals surface area contributed by atoms with E-state index in [0.717, 1.165) is 11.3 Å². The second-order valence-electron chi connectivity index (χ2n) is 4.92. The number of benzene rings is 1. The van der Waals surface area contributed by atoms with Crippen molar-refractivity contribution in [3.8, 4) is 5.75 Å². The Morgan fingerprint density at radius 1 is 1.35 bits per heavy atom. The number of hydrogen-bond acceptors (Lipinski definition) is 6. The van der Waals surface area contributed by atoms with E-state index in [1.807, 2.05) is 25.3 Å². The third-order valence-corrected chi connectivity index (χ3v) is 5.05. The minimum atomic E-state index is -0.0578. The molecule has 2 heterocycles. The Morgan fingerprint density at radius 2 is 2.09 bits per heavy atom. The quantitative estimate of drug-likeness (QED) is 0.860. The van der Waals surface area contributed by atoms with Gasteiger partial charge in [0.25, 0.3) is 5.91 Å². The molecule has 1 amide bonds. The Bertz CT molecular complexity index is 794. The molecule has 1 N–H and O–H groups in total. The van der Waals surface area contributed by atoms with Crippen molar-refractivity contribution in [1.29, 1.82) is 0 Å². The number of nitrogens with zero attached hydrogens (tertiary/aromatic N) is 3. The summed E-state index contributed by atoms with van der Waals surface area (Å²) in [6.45, 7) is 4.40. The molecule has 5 nitrogen and oxygen atoms in total. The Hall–Kier alpha value is -2.12. The maximum Gasteiger partial charge on any atom is 0.266 e. The molecule has 0 radical (unpaired) electrons. The highest BCUT2D eigenvalue weighted by atomic mass is 32.2. The first-order valence-corrected chi connectivity index (χ1v) is 8.77. The average molecular weight is 345 g/mol. The third kappa shape index (κ3) is 3.46. The summed E-state index contributed by atoms with van der Waals surface area (Å²) in [7, 11) is 0. The van der Waals surface area contributed by atoms with Crippen LogP contribution < -0.4 is 0 Å². The van der Waals surface area contributed by atoms with Gasteiger partial charge in [0.15, 0.2) is 5.17 Å². The lowest BCUT2D eigenvalue weighted by Crippen LogP contribution is -2.28. The van der Waals surface area contributed by atoms with Crippen LogP contribution in [-0.4, -0.2) is 32.6 Å². The van der Waals surface area contributed by atoms with Crippen LogP contribution in [0.25, 0.3) is 6.08 Å². The molecule has 1 aromatic carbocycles. The summed E-state index contributed by atoms with van der Waals surface area (Å²) in [6, 6.07) is 6.74. The fourth-order valence-corrected chi connectivity index (χ4v) is 3.83. The van der Waals surface area contributed by atoms with Crippen molar-refractivity contribution >= 4 is 45.4 Å². The number of carbonyl (C=O) groups is 1. The Labute approximate surface area is 142 Å². The number of rotatable bonds is 3. The lowest BCUT2D eigenvalue weighted by Gasteiger charge is -2.11. The van der Waals surface area contributed by atoms with Gasteiger partial charge in [0, 0.05) is 11.9 Å². The lowest BCUT2D eigenvalue weighted by molar-refractivity contribution is -0.122. The zero-order valence-electron chi connectivity index (χ0n) is 12.7. The molecule has 0 unspecified atom stereocenters. The van der Waals surface area contributed by atoms with E-state index in [4.69, 9.17) is 0 Å². The average Bonchev–Trinajstić information content (AvgIpc) is 3.06. The predicted molar refractivity (Wildman–Crippen MR) is 95.0 cm³/mol. The fraction of sp³-hybridized carbons (Fsp3) is 0.188. The van der Waals surface area contributed by atoms with E-state index in [2.05, 4.69) is 9.98 Å². The van der Waals surface area contributed by atoms with Crippen molar-refractivity contribution in [2.75, 3.05) is 6.54 Å². The first kappa shape index (κ1) is 15.8. The molecule has 3 rings (SSSR count). The molecular formula is C16H15N3O2S2. The number of hydrogen-bond donors (Lipinski definition) is 1. The second kappa shape index (κ2) is 6.55. The number of amides is 1. The normalized spacial score (nSPS) is 18.3. The molecule has 0 bridgehead atoms. The van der Waals surface area contributed by atoms with Crippen LogP contribution >= 0.6 is 23.1 Å². The van der Waals surface area contributed by atoms with E-state index in [0.29, 0.717) is 21.7 Å². The molecule has 118 valence electrons. The summed E-state index contributed by atoms with van der Waals surface area (Å²) >= 11 is 2.81. The molecule has 23 heavy (non-hydrogen) atoms. The van der Waals surface area contributed by atoms with E-state index >= 15 is 0 Å². The van der Waals surface area contributed by atoms with Gasteiger partial charge in [0.2, 0.25) is 5.13 Å². The van der Waals surface area contributed by atoms with Crippen molar-refractivity contribution in [2.45, 2.75) is 13.8 Å². The Morgan fingerprint density at radius 3 is 2.70 bits per heavy atom. The summed E-state index contributed by atoms with van der Waals surface area (Å²) in [4.78, 5) is 23.6. The highest BCUT2D eigenvalue weighted by Gasteiger charge is 2.32. The number of carbonyl (C=O) groups excluding carboxylic acids is 1. The molecule has 0 aliphatic carbocycles. The van der Waals surface area contributed by atoms with Crippen LogP contribution in [0, 0.1) is 6.92 Å². The van der Waals surface area contributed by atoms with Gasteiger partial charge in [0.05, 0.1) is 10.6 Å². The van der Waals surface area contributed by atoms with Crippen molar-refractivity contribution in [3.05, 3.63) is 45.8 Å². The maximum atomic E-state index is 12.5. The molecule has 0 saturated carbocycles. The van der Waals surface area contributed by atoms with Crippen molar-refractivity contribution in [1.82, 2.24) is 9.88 Å². The van der Waals surface area contributed by atoms with Gasteiger partial charge in [-0.1, -0.05) is 12.1 Å². The van der Waals surface area contributed by atoms with Crippen LogP contribution in [0.1, 0.15) is 18.2 Å². The highest BCUT2D eigenvalue weighted by Crippen LogP contribution is 2.34. The van der Waals surface area contributed by atoms with Gasteiger partial charge in [-0.25, -0.2) is 4.98 Å². The van der Waals surface area contributed by atoms with E-state index in [1.54, 1.807) is 29.2 Å². The van der Waals surface area contributed by atoms with Crippen molar-refractivity contribution in [2.24, 2.45) is 4.99 Å². The number of aliphatic imine (C=N–C) groups is 1. The van der Waals surface area contributed by atoms with Crippen LogP contribution in [0.2, 0.25) is 0 Å². The molecule has 1 aliphatic rings. The summed E-state index contributed by atoms with van der Waals surface area (Å²) in [5.74, 6) is 0.145. The van der Waals surface area contributed by atoms with Crippen LogP contribution in [0.4, 0.5) is 5.13 Å². The molecule has 1 saturated heterocycles. The lowest BCUT2D eigenvalue weighted by atomic mass is 10.2. The molecule has 0 atom stereocenters. The number of phenolic OH excluding ortho intramolecular Hbond substituents is 1. The minimum absolute atomic E-state index is 0.0578. The van der Waals surface area contributed by atoms with Gasteiger partial charge < -0.3 is 5.11 Å². The molecule has 7 heteroatoms. The highest BCUT2D eigenvalue weighted by molar-refractivity contribution is 8.18. The number of likely N-dealkylation sites (N-methyl/N-ethyl adjacent to an activating group) is 1. The van der Waals surface area contributed by atoms with Crippen molar-refractivity contribution in [3.63, 3.8) is 0 Å². The zero-order chi connectivity index (χ0) is 16.4. The summed E-state index contributed by atoms with van der Waals surface area (Å²) < 4.78 is 0. The van der Waals surface area contributed by atoms with Crippen molar-refractivity contribution < 1.29 is 9.90 Å². The van der Waals surface area contributed by atoms with E-state index in [1.165, 1.54) is 23.1 Å². The van der Waals surface area contributed by atoms with E-state index in [-0.39, 0.29) is 11.7 Å². The van der Waals surface area contributed by atoms with E-state index < -0.39 is 0 Å². The van der Waals surface area contributed by atoms with Gasteiger partial charge in [-0.3, -0.25) is 9.69 Å². The summed E-state index contributed by atoms with van der Waals surface area (Å²) in [5.41, 5.74) is 1.78. The predicted octanol–water partition coefficient (Wildman–Crippen LogP) is 3.78. The second-order valence-corrected chi connectivity index (χ2v) is 6.76. The van der Waals surface area contributed by atoms with Crippen LogP contribution in [0.3, 0.4) is 0 Å². The number of thioether (sulfide) groups is 1. The molecule has 1 fully saturated rings. The largest absolute Gasteiger partial charge is 0.508 e. The van der Waals surface area contributed by atoms with Crippen LogP contribution in [0.15, 0.2) is 39.5 Å². The summed E-state index contributed by atoms with van der Waals surface area (Å²) in [5, 5.41) is 12.6. The number of aryl methyl sites for hydroxylation is 1. The molecule has 1 aromatic heterocycles. The molecule has 2 aromatic rings. The standard InChI is InChI=1S/C16H15N3O2S2/c1-3-19-14(21)13(8-11-4-6-12(20)7-5-11)23-16(19)18-15-17-10(2)9-22-15/h4-9,20H,3H2,1-2H3/b13-8-,18-16+. The van der Waals surface area contributed by atoms with E-state index in [9.17, 15) is 9.90 Å². The molecule has 0 spiro atoms. The monoisotopic (exact) mass is 345 g/mol.